The van der Waals surface area contributed by atoms with Gasteiger partial charge in [-0.2, -0.15) is 0 Å². The van der Waals surface area contributed by atoms with Gasteiger partial charge in [-0.15, -0.1) is 5.10 Å². The Hall–Kier alpha value is -2.54. The maximum Gasteiger partial charge on any atom is 0.252 e. The van der Waals surface area contributed by atoms with E-state index in [1.54, 1.807) is 0 Å². The molecule has 7 heteroatoms. The molecule has 1 fully saturated rings. The summed E-state index contributed by atoms with van der Waals surface area (Å²) >= 11 is 0. The van der Waals surface area contributed by atoms with Gasteiger partial charge in [-0.05, 0) is 68.0 Å². The molecular weight excluding hydrogens is 364 g/mol. The Morgan fingerprint density at radius 1 is 1.21 bits per heavy atom. The van der Waals surface area contributed by atoms with Gasteiger partial charge in [0.05, 0.1) is 17.6 Å². The Balaban J connectivity index is 1.67. The highest BCUT2D eigenvalue weighted by Crippen LogP contribution is 2.27. The lowest BCUT2D eigenvalue weighted by Gasteiger charge is -2.29. The van der Waals surface area contributed by atoms with Crippen molar-refractivity contribution in [2.45, 2.75) is 78.0 Å². The number of tetrazole rings is 1. The van der Waals surface area contributed by atoms with Crippen molar-refractivity contribution in [3.8, 4) is 0 Å². The Bertz CT molecular complexity index is 1060. The molecule has 1 N–H and O–H groups in total. The lowest BCUT2D eigenvalue weighted by molar-refractivity contribution is 0.167. The lowest BCUT2D eigenvalue weighted by atomic mass is 10.1. The largest absolute Gasteiger partial charge is 0.321 e. The number of fused-ring (bicyclic) bond motifs is 1. The fourth-order valence-corrected chi connectivity index (χ4v) is 4.36. The van der Waals surface area contributed by atoms with Crippen LogP contribution >= 0.6 is 0 Å². The van der Waals surface area contributed by atoms with Crippen LogP contribution in [0.3, 0.4) is 0 Å². The van der Waals surface area contributed by atoms with E-state index in [1.807, 2.05) is 29.8 Å². The minimum absolute atomic E-state index is 0.00906. The summed E-state index contributed by atoms with van der Waals surface area (Å²) in [6.07, 6.45) is 4.78. The topological polar surface area (TPSA) is 79.7 Å². The maximum absolute atomic E-state index is 12.8. The molecule has 1 aliphatic carbocycles. The van der Waals surface area contributed by atoms with E-state index in [-0.39, 0.29) is 11.1 Å². The minimum Gasteiger partial charge on any atom is -0.321 e. The number of nitrogens with one attached hydrogen (secondary N) is 1. The van der Waals surface area contributed by atoms with Gasteiger partial charge in [-0.1, -0.05) is 31.0 Å². The molecule has 0 atom stereocenters. The second-order valence-corrected chi connectivity index (χ2v) is 9.18. The number of benzene rings is 1. The summed E-state index contributed by atoms with van der Waals surface area (Å²) in [4.78, 5) is 18.3. The van der Waals surface area contributed by atoms with Crippen molar-refractivity contribution < 1.29 is 0 Å². The van der Waals surface area contributed by atoms with Crippen LogP contribution < -0.4 is 5.56 Å². The number of para-hydroxylation sites is 1. The van der Waals surface area contributed by atoms with Crippen LogP contribution in [0, 0.1) is 6.92 Å². The van der Waals surface area contributed by atoms with Crippen molar-refractivity contribution in [3.63, 3.8) is 0 Å². The third kappa shape index (κ3) is 4.10. The van der Waals surface area contributed by atoms with Gasteiger partial charge in [-0.25, -0.2) is 4.68 Å². The molecule has 1 aromatic carbocycles. The molecule has 2 heterocycles. The molecule has 0 saturated heterocycles. The fraction of sp³-hybridized carbons (Fsp3) is 0.545. The van der Waals surface area contributed by atoms with E-state index in [0.29, 0.717) is 19.1 Å². The van der Waals surface area contributed by atoms with Gasteiger partial charge in [0.1, 0.15) is 0 Å². The van der Waals surface area contributed by atoms with Crippen LogP contribution in [0.5, 0.6) is 0 Å². The number of aromatic amines is 1. The molecule has 0 aliphatic heterocycles. The number of nitrogens with zero attached hydrogens (tertiary/aromatic N) is 5. The second-order valence-electron chi connectivity index (χ2n) is 9.18. The van der Waals surface area contributed by atoms with E-state index in [2.05, 4.69) is 52.2 Å². The average Bonchev–Trinajstić information content (AvgIpc) is 3.34. The Kier molecular flexibility index (Phi) is 5.25. The molecule has 0 amide bonds. The minimum atomic E-state index is -0.182. The smallest absolute Gasteiger partial charge is 0.252 e. The fourth-order valence-electron chi connectivity index (χ4n) is 4.36. The summed E-state index contributed by atoms with van der Waals surface area (Å²) in [5.41, 5.74) is 2.61. The molecule has 4 rings (SSSR count). The van der Waals surface area contributed by atoms with Crippen LogP contribution in [0.1, 0.15) is 63.4 Å². The number of hydrogen-bond donors (Lipinski definition) is 1. The number of aromatic nitrogens is 5. The van der Waals surface area contributed by atoms with Crippen molar-refractivity contribution in [2.24, 2.45) is 0 Å². The van der Waals surface area contributed by atoms with Gasteiger partial charge in [0, 0.05) is 18.2 Å². The van der Waals surface area contributed by atoms with E-state index in [0.717, 1.165) is 40.7 Å². The normalized spacial score (nSPS) is 15.6. The summed E-state index contributed by atoms with van der Waals surface area (Å²) in [5.74, 6) is 0.845. The van der Waals surface area contributed by atoms with Crippen LogP contribution in [-0.4, -0.2) is 36.1 Å². The van der Waals surface area contributed by atoms with Crippen molar-refractivity contribution in [1.82, 2.24) is 30.1 Å². The van der Waals surface area contributed by atoms with Gasteiger partial charge in [0.25, 0.3) is 5.56 Å². The van der Waals surface area contributed by atoms with Crippen LogP contribution in [0.2, 0.25) is 0 Å². The lowest BCUT2D eigenvalue weighted by Crippen LogP contribution is -2.36. The van der Waals surface area contributed by atoms with Gasteiger partial charge in [-0.3, -0.25) is 9.69 Å². The Morgan fingerprint density at radius 3 is 2.69 bits per heavy atom. The molecule has 29 heavy (non-hydrogen) atoms. The Labute approximate surface area is 171 Å². The molecule has 0 bridgehead atoms. The maximum atomic E-state index is 12.8. The van der Waals surface area contributed by atoms with E-state index in [9.17, 15) is 4.79 Å². The van der Waals surface area contributed by atoms with E-state index in [1.165, 1.54) is 12.8 Å². The molecule has 2 aromatic heterocycles. The molecule has 0 radical (unpaired) electrons. The SMILES string of the molecule is Cc1cccc2cc(CN(Cc3nnnn3C(C)(C)C)C3CCCC3)c(=O)[nH]c12. The highest BCUT2D eigenvalue weighted by molar-refractivity contribution is 5.81. The number of pyridine rings is 1. The second kappa shape index (κ2) is 7.71. The van der Waals surface area contributed by atoms with Gasteiger partial charge in [0.2, 0.25) is 0 Å². The van der Waals surface area contributed by atoms with Gasteiger partial charge in [0.15, 0.2) is 5.82 Å². The first-order valence-electron chi connectivity index (χ1n) is 10.5. The zero-order valence-electron chi connectivity index (χ0n) is 17.8. The molecule has 7 nitrogen and oxygen atoms in total. The zero-order valence-corrected chi connectivity index (χ0v) is 17.8. The quantitative estimate of drug-likeness (QED) is 0.716. The Morgan fingerprint density at radius 2 is 1.97 bits per heavy atom. The first kappa shape index (κ1) is 19.8. The van der Waals surface area contributed by atoms with E-state index >= 15 is 0 Å². The summed E-state index contributed by atoms with van der Waals surface area (Å²) in [7, 11) is 0. The predicted octanol–water partition coefficient (Wildman–Crippen LogP) is 3.52. The third-order valence-corrected chi connectivity index (χ3v) is 5.89. The molecular formula is C22H30N6O. The van der Waals surface area contributed by atoms with Gasteiger partial charge >= 0.3 is 0 Å². The van der Waals surface area contributed by atoms with Crippen molar-refractivity contribution in [1.29, 1.82) is 0 Å². The van der Waals surface area contributed by atoms with Crippen molar-refractivity contribution in [2.75, 3.05) is 0 Å². The van der Waals surface area contributed by atoms with E-state index < -0.39 is 0 Å². The summed E-state index contributed by atoms with van der Waals surface area (Å²) in [6, 6.07) is 8.60. The predicted molar refractivity (Wildman–Crippen MR) is 114 cm³/mol. The van der Waals surface area contributed by atoms with Crippen LogP contribution in [-0.2, 0) is 18.6 Å². The monoisotopic (exact) mass is 394 g/mol. The average molecular weight is 395 g/mol. The first-order valence-corrected chi connectivity index (χ1v) is 10.5. The van der Waals surface area contributed by atoms with Crippen LogP contribution in [0.25, 0.3) is 10.9 Å². The molecule has 154 valence electrons. The van der Waals surface area contributed by atoms with Crippen molar-refractivity contribution in [3.05, 3.63) is 51.6 Å². The van der Waals surface area contributed by atoms with Gasteiger partial charge < -0.3 is 4.98 Å². The molecule has 0 spiro atoms. The number of H-pyrrole nitrogens is 1. The highest BCUT2D eigenvalue weighted by atomic mass is 16.1. The number of aryl methyl sites for hydroxylation is 1. The van der Waals surface area contributed by atoms with E-state index in [4.69, 9.17) is 0 Å². The molecule has 0 unspecified atom stereocenters. The summed E-state index contributed by atoms with van der Waals surface area (Å²) < 4.78 is 1.89. The number of rotatable bonds is 5. The number of hydrogen-bond acceptors (Lipinski definition) is 5. The zero-order chi connectivity index (χ0) is 20.6. The first-order chi connectivity index (χ1) is 13.8. The summed E-state index contributed by atoms with van der Waals surface area (Å²) in [6.45, 7) is 9.56. The molecule has 3 aromatic rings. The summed E-state index contributed by atoms with van der Waals surface area (Å²) in [5, 5.41) is 13.5. The van der Waals surface area contributed by atoms with Crippen molar-refractivity contribution >= 4 is 10.9 Å². The highest BCUT2D eigenvalue weighted by Gasteiger charge is 2.27. The molecule has 1 aliphatic rings. The molecule has 1 saturated carbocycles. The van der Waals surface area contributed by atoms with Crippen LogP contribution in [0.15, 0.2) is 29.1 Å². The van der Waals surface area contributed by atoms with Crippen LogP contribution in [0.4, 0.5) is 0 Å². The third-order valence-electron chi connectivity index (χ3n) is 5.89. The standard InChI is InChI=1S/C22H30N6O/c1-15-8-7-9-16-12-17(21(29)23-20(15)16)13-27(18-10-5-6-11-18)14-19-24-25-26-28(19)22(2,3)4/h7-9,12,18H,5-6,10-11,13-14H2,1-4H3,(H,23,29).